The van der Waals surface area contributed by atoms with Gasteiger partial charge in [-0.3, -0.25) is 14.9 Å². The lowest BCUT2D eigenvalue weighted by Crippen LogP contribution is -2.38. The van der Waals surface area contributed by atoms with Crippen LogP contribution < -0.4 is 10.1 Å². The number of rotatable bonds is 6. The van der Waals surface area contributed by atoms with Crippen LogP contribution in [0.5, 0.6) is 5.75 Å². The zero-order chi connectivity index (χ0) is 26.2. The largest absolute Gasteiger partial charge is 0.497 e. The SMILES string of the molecule is COc1ccc(COC(=O)C2=C(C)NC3=C(C(=O)CC(C)(C)C3)C2c2ccc(Cl)c([N+](=O)[O-])c2)cc1. The molecule has 2 aromatic rings. The first-order chi connectivity index (χ1) is 17.0. The number of ether oxygens (including phenoxy) is 2. The number of nitrogens with zero attached hydrogens (tertiary/aromatic N) is 1. The van der Waals surface area contributed by atoms with Gasteiger partial charge in [-0.25, -0.2) is 4.79 Å². The Labute approximate surface area is 214 Å². The summed E-state index contributed by atoms with van der Waals surface area (Å²) < 4.78 is 10.8. The second-order valence-electron chi connectivity index (χ2n) is 9.82. The summed E-state index contributed by atoms with van der Waals surface area (Å²) in [6.07, 6.45) is 0.901. The number of allylic oxidation sites excluding steroid dienone is 3. The van der Waals surface area contributed by atoms with E-state index in [1.807, 2.05) is 13.8 Å². The number of methoxy groups -OCH3 is 1. The first-order valence-electron chi connectivity index (χ1n) is 11.5. The molecule has 1 unspecified atom stereocenters. The molecule has 0 amide bonds. The maximum atomic E-state index is 13.4. The number of ketones is 1. The number of halogens is 1. The summed E-state index contributed by atoms with van der Waals surface area (Å²) in [5.41, 5.74) is 2.60. The second kappa shape index (κ2) is 9.78. The Bertz CT molecular complexity index is 1310. The molecule has 1 aliphatic heterocycles. The summed E-state index contributed by atoms with van der Waals surface area (Å²) >= 11 is 6.05. The topological polar surface area (TPSA) is 108 Å². The molecule has 0 saturated heterocycles. The Balaban J connectivity index is 1.75. The highest BCUT2D eigenvalue weighted by molar-refractivity contribution is 6.32. The fraction of sp³-hybridized carbons (Fsp3) is 0.333. The minimum atomic E-state index is -0.816. The number of carbonyl (C=O) groups excluding carboxylic acids is 2. The van der Waals surface area contributed by atoms with E-state index in [0.717, 1.165) is 11.3 Å². The molecule has 4 rings (SSSR count). The highest BCUT2D eigenvalue weighted by Crippen LogP contribution is 2.47. The molecule has 1 N–H and O–H groups in total. The Kier molecular flexibility index (Phi) is 6.91. The quantitative estimate of drug-likeness (QED) is 0.306. The van der Waals surface area contributed by atoms with E-state index in [9.17, 15) is 19.7 Å². The molecule has 8 nitrogen and oxygen atoms in total. The Hall–Kier alpha value is -3.65. The maximum Gasteiger partial charge on any atom is 0.337 e. The van der Waals surface area contributed by atoms with E-state index < -0.39 is 16.8 Å². The van der Waals surface area contributed by atoms with Crippen LogP contribution in [-0.4, -0.2) is 23.8 Å². The molecule has 9 heteroatoms. The van der Waals surface area contributed by atoms with Crippen LogP contribution in [0.2, 0.25) is 5.02 Å². The third-order valence-corrected chi connectivity index (χ3v) is 6.81. The third kappa shape index (κ3) is 4.99. The van der Waals surface area contributed by atoms with Crippen LogP contribution in [0.4, 0.5) is 5.69 Å². The van der Waals surface area contributed by atoms with Gasteiger partial charge in [0.05, 0.1) is 17.6 Å². The van der Waals surface area contributed by atoms with Crippen LogP contribution in [0.3, 0.4) is 0 Å². The molecule has 0 spiro atoms. The third-order valence-electron chi connectivity index (χ3n) is 6.49. The molecular formula is C27H27ClN2O6. The summed E-state index contributed by atoms with van der Waals surface area (Å²) in [7, 11) is 1.57. The minimum absolute atomic E-state index is 0.0139. The molecule has 2 aliphatic rings. The first-order valence-corrected chi connectivity index (χ1v) is 11.9. The predicted molar refractivity (Wildman–Crippen MR) is 135 cm³/mol. The van der Waals surface area contributed by atoms with Crippen LogP contribution in [0, 0.1) is 15.5 Å². The molecule has 1 aliphatic carbocycles. The van der Waals surface area contributed by atoms with E-state index in [2.05, 4.69) is 5.32 Å². The van der Waals surface area contributed by atoms with Crippen LogP contribution in [0.1, 0.15) is 50.7 Å². The van der Waals surface area contributed by atoms with Crippen molar-refractivity contribution < 1.29 is 24.0 Å². The molecular weight excluding hydrogens is 484 g/mol. The molecule has 188 valence electrons. The smallest absolute Gasteiger partial charge is 0.337 e. The minimum Gasteiger partial charge on any atom is -0.497 e. The lowest BCUT2D eigenvalue weighted by molar-refractivity contribution is -0.384. The summed E-state index contributed by atoms with van der Waals surface area (Å²) in [4.78, 5) is 37.8. The van der Waals surface area contributed by atoms with E-state index in [4.69, 9.17) is 21.1 Å². The van der Waals surface area contributed by atoms with Crippen LogP contribution in [0.15, 0.2) is 65.0 Å². The van der Waals surface area contributed by atoms with Gasteiger partial charge in [-0.2, -0.15) is 0 Å². The average Bonchev–Trinajstić information content (AvgIpc) is 2.81. The number of hydrogen-bond donors (Lipinski definition) is 1. The number of carbonyl (C=O) groups is 2. The van der Waals surface area contributed by atoms with Crippen LogP contribution in [-0.2, 0) is 20.9 Å². The van der Waals surface area contributed by atoms with Crippen molar-refractivity contribution in [3.8, 4) is 5.75 Å². The number of nitro groups is 1. The fourth-order valence-electron chi connectivity index (χ4n) is 4.84. The molecule has 0 aromatic heterocycles. The van der Waals surface area contributed by atoms with Crippen molar-refractivity contribution in [2.45, 2.75) is 46.1 Å². The van der Waals surface area contributed by atoms with Gasteiger partial charge in [0.2, 0.25) is 0 Å². The molecule has 2 aromatic carbocycles. The van der Waals surface area contributed by atoms with Gasteiger partial charge in [0, 0.05) is 35.4 Å². The molecule has 0 fully saturated rings. The number of nitro benzene ring substituents is 1. The van der Waals surface area contributed by atoms with Crippen molar-refractivity contribution >= 4 is 29.0 Å². The van der Waals surface area contributed by atoms with E-state index in [1.165, 1.54) is 12.1 Å². The molecule has 1 atom stereocenters. The molecule has 36 heavy (non-hydrogen) atoms. The lowest BCUT2D eigenvalue weighted by atomic mass is 9.68. The fourth-order valence-corrected chi connectivity index (χ4v) is 5.02. The normalized spacial score (nSPS) is 18.9. The summed E-state index contributed by atoms with van der Waals surface area (Å²) in [6.45, 7) is 5.78. The number of dihydropyridines is 1. The van der Waals surface area contributed by atoms with Crippen LogP contribution >= 0.6 is 11.6 Å². The Morgan fingerprint density at radius 3 is 2.53 bits per heavy atom. The number of esters is 1. The van der Waals surface area contributed by atoms with Gasteiger partial charge in [0.15, 0.2) is 5.78 Å². The Morgan fingerprint density at radius 2 is 1.89 bits per heavy atom. The van der Waals surface area contributed by atoms with Gasteiger partial charge in [0.1, 0.15) is 17.4 Å². The number of Topliss-reactive ketones (excluding diaryl/α,β-unsaturated/α-hetero) is 1. The van der Waals surface area contributed by atoms with E-state index in [-0.39, 0.29) is 34.1 Å². The number of nitrogens with one attached hydrogen (secondary N) is 1. The van der Waals surface area contributed by atoms with E-state index in [0.29, 0.717) is 35.4 Å². The van der Waals surface area contributed by atoms with Crippen molar-refractivity contribution in [3.05, 3.63) is 91.3 Å². The number of benzene rings is 2. The van der Waals surface area contributed by atoms with Gasteiger partial charge >= 0.3 is 5.97 Å². The predicted octanol–water partition coefficient (Wildman–Crippen LogP) is 5.60. The average molecular weight is 511 g/mol. The van der Waals surface area contributed by atoms with Gasteiger partial charge in [-0.05, 0) is 48.1 Å². The lowest BCUT2D eigenvalue weighted by Gasteiger charge is -2.39. The first kappa shape index (κ1) is 25.4. The van der Waals surface area contributed by atoms with Crippen molar-refractivity contribution in [1.29, 1.82) is 0 Å². The summed E-state index contributed by atoms with van der Waals surface area (Å²) in [5, 5.41) is 14.8. The summed E-state index contributed by atoms with van der Waals surface area (Å²) in [6, 6.07) is 11.5. The highest BCUT2D eigenvalue weighted by Gasteiger charge is 2.43. The second-order valence-corrected chi connectivity index (χ2v) is 10.2. The van der Waals surface area contributed by atoms with Gasteiger partial charge in [-0.15, -0.1) is 0 Å². The standard InChI is InChI=1S/C27H27ClN2O6/c1-15-23(26(32)36-14-16-5-8-18(35-4)9-6-16)24(17-7-10-19(28)21(11-17)30(33)34)25-20(29-15)12-27(2,3)13-22(25)31/h5-11,24,29H,12-14H2,1-4H3. The number of hydrogen-bond acceptors (Lipinski definition) is 7. The summed E-state index contributed by atoms with van der Waals surface area (Å²) in [5.74, 6) is -0.848. The van der Waals surface area contributed by atoms with Gasteiger partial charge in [0.25, 0.3) is 5.69 Å². The monoisotopic (exact) mass is 510 g/mol. The molecule has 0 saturated carbocycles. The van der Waals surface area contributed by atoms with Crippen LogP contribution in [0.25, 0.3) is 0 Å². The maximum absolute atomic E-state index is 13.4. The van der Waals surface area contributed by atoms with Crippen molar-refractivity contribution in [2.75, 3.05) is 7.11 Å². The van der Waals surface area contributed by atoms with E-state index >= 15 is 0 Å². The zero-order valence-electron chi connectivity index (χ0n) is 20.5. The van der Waals surface area contributed by atoms with E-state index in [1.54, 1.807) is 44.4 Å². The van der Waals surface area contributed by atoms with Crippen molar-refractivity contribution in [3.63, 3.8) is 0 Å². The Morgan fingerprint density at radius 1 is 1.19 bits per heavy atom. The van der Waals surface area contributed by atoms with Gasteiger partial charge in [-0.1, -0.05) is 43.6 Å². The molecule has 1 heterocycles. The van der Waals surface area contributed by atoms with Crippen molar-refractivity contribution in [2.24, 2.45) is 5.41 Å². The van der Waals surface area contributed by atoms with Crippen molar-refractivity contribution in [1.82, 2.24) is 5.32 Å². The molecule has 0 radical (unpaired) electrons. The van der Waals surface area contributed by atoms with Gasteiger partial charge < -0.3 is 14.8 Å². The highest BCUT2D eigenvalue weighted by atomic mass is 35.5. The molecule has 0 bridgehead atoms. The zero-order valence-corrected chi connectivity index (χ0v) is 21.3.